The van der Waals surface area contributed by atoms with E-state index in [0.717, 1.165) is 63.7 Å². The molecule has 0 aromatic carbocycles. The van der Waals surface area contributed by atoms with Gasteiger partial charge in [-0.05, 0) is 25.2 Å². The molecule has 0 N–H and O–H groups in total. The molecule has 0 radical (unpaired) electrons. The van der Waals surface area contributed by atoms with Crippen LogP contribution >= 0.6 is 0 Å². The summed E-state index contributed by atoms with van der Waals surface area (Å²) in [6.45, 7) is 8.85. The molecule has 1 atom stereocenters. The molecular weight excluding hydrogens is 564 g/mol. The lowest BCUT2D eigenvalue weighted by Gasteiger charge is -2.18. The van der Waals surface area contributed by atoms with Crippen molar-refractivity contribution in [3.63, 3.8) is 0 Å². The molecule has 0 saturated heterocycles. The van der Waals surface area contributed by atoms with Crippen LogP contribution in [0.4, 0.5) is 0 Å². The van der Waals surface area contributed by atoms with Gasteiger partial charge in [-0.3, -0.25) is 14.4 Å². The van der Waals surface area contributed by atoms with E-state index in [-0.39, 0.29) is 31.1 Å². The normalized spacial score (nSPS) is 11.9. The largest absolute Gasteiger partial charge is 0.462 e. The smallest absolute Gasteiger partial charge is 0.306 e. The molecule has 6 nitrogen and oxygen atoms in total. The van der Waals surface area contributed by atoms with Crippen molar-refractivity contribution in [2.45, 2.75) is 214 Å². The topological polar surface area (TPSA) is 78.9 Å². The Bertz CT molecular complexity index is 676. The molecule has 0 heterocycles. The molecule has 0 aliphatic heterocycles. The second-order valence-corrected chi connectivity index (χ2v) is 13.7. The Labute approximate surface area is 278 Å². The lowest BCUT2D eigenvalue weighted by molar-refractivity contribution is -0.167. The van der Waals surface area contributed by atoms with Crippen molar-refractivity contribution >= 4 is 17.9 Å². The van der Waals surface area contributed by atoms with Gasteiger partial charge in [0.25, 0.3) is 0 Å². The quantitative estimate of drug-likeness (QED) is 0.0396. The number of unbranched alkanes of at least 4 members (excludes halogenated alkanes) is 21. The average Bonchev–Trinajstić information content (AvgIpc) is 3.01. The fraction of sp³-hybridized carbons (Fsp3) is 0.923. The Morgan fingerprint density at radius 2 is 0.733 bits per heavy atom. The highest BCUT2D eigenvalue weighted by Gasteiger charge is 2.19. The van der Waals surface area contributed by atoms with E-state index in [0.29, 0.717) is 19.3 Å². The molecule has 0 saturated carbocycles. The minimum absolute atomic E-state index is 0.0661. The van der Waals surface area contributed by atoms with Crippen LogP contribution in [0, 0.1) is 5.92 Å². The van der Waals surface area contributed by atoms with E-state index in [1.54, 1.807) is 0 Å². The lowest BCUT2D eigenvalue weighted by atomic mass is 10.0. The van der Waals surface area contributed by atoms with Gasteiger partial charge < -0.3 is 14.2 Å². The highest BCUT2D eigenvalue weighted by molar-refractivity contribution is 5.71. The van der Waals surface area contributed by atoms with Crippen molar-refractivity contribution in [1.82, 2.24) is 0 Å². The summed E-state index contributed by atoms with van der Waals surface area (Å²) < 4.78 is 16.5. The molecule has 6 heteroatoms. The number of hydrogen-bond donors (Lipinski definition) is 0. The predicted octanol–water partition coefficient (Wildman–Crippen LogP) is 11.6. The average molecular weight is 639 g/mol. The third-order valence-electron chi connectivity index (χ3n) is 8.54. The summed E-state index contributed by atoms with van der Waals surface area (Å²) in [5.74, 6) is -0.110. The molecule has 0 aromatic rings. The fourth-order valence-electron chi connectivity index (χ4n) is 5.57. The first-order chi connectivity index (χ1) is 21.9. The van der Waals surface area contributed by atoms with Gasteiger partial charge in [-0.15, -0.1) is 0 Å². The summed E-state index contributed by atoms with van der Waals surface area (Å²) in [5.41, 5.74) is 0. The highest BCUT2D eigenvalue weighted by atomic mass is 16.6. The van der Waals surface area contributed by atoms with E-state index >= 15 is 0 Å². The zero-order chi connectivity index (χ0) is 33.2. The van der Waals surface area contributed by atoms with Gasteiger partial charge >= 0.3 is 17.9 Å². The van der Waals surface area contributed by atoms with Crippen molar-refractivity contribution in [3.8, 4) is 0 Å². The first kappa shape index (κ1) is 43.4. The Morgan fingerprint density at radius 3 is 1.09 bits per heavy atom. The van der Waals surface area contributed by atoms with Crippen LogP contribution in [0.1, 0.15) is 207 Å². The lowest BCUT2D eigenvalue weighted by Crippen LogP contribution is -2.30. The second-order valence-electron chi connectivity index (χ2n) is 13.7. The van der Waals surface area contributed by atoms with Crippen LogP contribution in [-0.2, 0) is 28.6 Å². The molecule has 0 rings (SSSR count). The molecule has 0 aliphatic rings. The van der Waals surface area contributed by atoms with Gasteiger partial charge in [-0.1, -0.05) is 169 Å². The first-order valence-electron chi connectivity index (χ1n) is 19.4. The van der Waals surface area contributed by atoms with Crippen LogP contribution in [0.5, 0.6) is 0 Å². The highest BCUT2D eigenvalue weighted by Crippen LogP contribution is 2.14. The standard InChI is InChI=1S/C39H74O6/c1-5-7-9-11-13-15-17-22-26-30-37(40)43-33-36(45-39(42)32-28-24-18-16-14-12-10-8-6-2)34-44-38(41)31-27-23-20-19-21-25-29-35(3)4/h35-36H,5-34H2,1-4H3/t36-/m0/s1. The molecule has 0 unspecified atom stereocenters. The first-order valence-corrected chi connectivity index (χ1v) is 19.4. The summed E-state index contributed by atoms with van der Waals surface area (Å²) in [6.07, 6.45) is 29.6. The summed E-state index contributed by atoms with van der Waals surface area (Å²) in [7, 11) is 0. The van der Waals surface area contributed by atoms with Crippen molar-refractivity contribution in [2.24, 2.45) is 5.92 Å². The number of hydrogen-bond acceptors (Lipinski definition) is 6. The molecule has 0 fully saturated rings. The van der Waals surface area contributed by atoms with E-state index in [1.807, 2.05) is 0 Å². The van der Waals surface area contributed by atoms with Gasteiger partial charge in [-0.2, -0.15) is 0 Å². The van der Waals surface area contributed by atoms with E-state index in [1.165, 1.54) is 103 Å². The zero-order valence-electron chi connectivity index (χ0n) is 30.3. The number of carbonyl (C=O) groups is 3. The van der Waals surface area contributed by atoms with Crippen LogP contribution in [0.2, 0.25) is 0 Å². The number of esters is 3. The molecular formula is C39H74O6. The van der Waals surface area contributed by atoms with Crippen molar-refractivity contribution < 1.29 is 28.6 Å². The van der Waals surface area contributed by atoms with Crippen LogP contribution in [0.15, 0.2) is 0 Å². The molecule has 0 aliphatic carbocycles. The van der Waals surface area contributed by atoms with Gasteiger partial charge in [0.2, 0.25) is 0 Å². The van der Waals surface area contributed by atoms with Crippen molar-refractivity contribution in [2.75, 3.05) is 13.2 Å². The minimum Gasteiger partial charge on any atom is -0.462 e. The zero-order valence-corrected chi connectivity index (χ0v) is 30.3. The summed E-state index contributed by atoms with van der Waals surface area (Å²) in [6, 6.07) is 0. The minimum atomic E-state index is -0.756. The van der Waals surface area contributed by atoms with E-state index < -0.39 is 6.10 Å². The Hall–Kier alpha value is -1.59. The SMILES string of the molecule is CCCCCCCCCCCC(=O)OC[C@@H](COC(=O)CCCCCCCCC(C)C)OC(=O)CCCCCCCCCCC. The third kappa shape index (κ3) is 33.6. The monoisotopic (exact) mass is 639 g/mol. The maximum Gasteiger partial charge on any atom is 0.306 e. The van der Waals surface area contributed by atoms with Crippen LogP contribution in [0.3, 0.4) is 0 Å². The van der Waals surface area contributed by atoms with E-state index in [2.05, 4.69) is 27.7 Å². The van der Waals surface area contributed by atoms with Crippen molar-refractivity contribution in [3.05, 3.63) is 0 Å². The molecule has 0 spiro atoms. The molecule has 0 bridgehead atoms. The van der Waals surface area contributed by atoms with Gasteiger partial charge in [-0.25, -0.2) is 0 Å². The number of ether oxygens (including phenoxy) is 3. The third-order valence-corrected chi connectivity index (χ3v) is 8.54. The van der Waals surface area contributed by atoms with E-state index in [9.17, 15) is 14.4 Å². The van der Waals surface area contributed by atoms with Crippen LogP contribution in [0.25, 0.3) is 0 Å². The van der Waals surface area contributed by atoms with Gasteiger partial charge in [0.15, 0.2) is 6.10 Å². The Morgan fingerprint density at radius 1 is 0.422 bits per heavy atom. The molecule has 0 amide bonds. The second kappa shape index (κ2) is 33.8. The summed E-state index contributed by atoms with van der Waals surface area (Å²) in [4.78, 5) is 37.3. The molecule has 45 heavy (non-hydrogen) atoms. The Balaban J connectivity index is 4.36. The van der Waals surface area contributed by atoms with Crippen LogP contribution in [-0.4, -0.2) is 37.2 Å². The predicted molar refractivity (Wildman–Crippen MR) is 187 cm³/mol. The fourth-order valence-corrected chi connectivity index (χ4v) is 5.57. The summed E-state index contributed by atoms with van der Waals surface area (Å²) >= 11 is 0. The van der Waals surface area contributed by atoms with Gasteiger partial charge in [0.05, 0.1) is 0 Å². The van der Waals surface area contributed by atoms with Gasteiger partial charge in [0.1, 0.15) is 13.2 Å². The van der Waals surface area contributed by atoms with Crippen molar-refractivity contribution in [1.29, 1.82) is 0 Å². The van der Waals surface area contributed by atoms with Gasteiger partial charge in [0, 0.05) is 19.3 Å². The summed E-state index contributed by atoms with van der Waals surface area (Å²) in [5, 5.41) is 0. The Kier molecular flexibility index (Phi) is 32.6. The number of rotatable bonds is 34. The number of carbonyl (C=O) groups excluding carboxylic acids is 3. The molecule has 0 aromatic heterocycles. The van der Waals surface area contributed by atoms with E-state index in [4.69, 9.17) is 14.2 Å². The maximum absolute atomic E-state index is 12.6. The van der Waals surface area contributed by atoms with Crippen LogP contribution < -0.4 is 0 Å². The maximum atomic E-state index is 12.6. The molecule has 266 valence electrons.